The van der Waals surface area contributed by atoms with Crippen molar-refractivity contribution in [3.63, 3.8) is 0 Å². The summed E-state index contributed by atoms with van der Waals surface area (Å²) in [6.45, 7) is 3.21. The van der Waals surface area contributed by atoms with Crippen LogP contribution in [0.4, 0.5) is 0 Å². The second kappa shape index (κ2) is 6.60. The Bertz CT molecular complexity index is 522. The number of halogens is 3. The third kappa shape index (κ3) is 3.64. The van der Waals surface area contributed by atoms with Gasteiger partial charge in [-0.3, -0.25) is 4.90 Å². The molecular weight excluding hydrogens is 395 g/mol. The number of hydrogen-bond donors (Lipinski definition) is 0. The molecule has 1 aromatic rings. The van der Waals surface area contributed by atoms with Crippen molar-refractivity contribution in [2.75, 3.05) is 38.6 Å². The Morgan fingerprint density at radius 2 is 1.95 bits per heavy atom. The molecule has 1 saturated heterocycles. The van der Waals surface area contributed by atoms with E-state index in [1.54, 1.807) is 0 Å². The molecule has 2 rings (SSSR count). The second-order valence-corrected chi connectivity index (χ2v) is 9.44. The van der Waals surface area contributed by atoms with E-state index in [0.717, 1.165) is 17.9 Å². The van der Waals surface area contributed by atoms with Crippen molar-refractivity contribution in [3.8, 4) is 0 Å². The highest BCUT2D eigenvalue weighted by molar-refractivity contribution is 9.11. The zero-order valence-electron chi connectivity index (χ0n) is 9.98. The molecule has 108 valence electrons. The number of sulfonamides is 1. The van der Waals surface area contributed by atoms with Gasteiger partial charge in [0.15, 0.2) is 0 Å². The molecule has 1 fully saturated rings. The van der Waals surface area contributed by atoms with E-state index < -0.39 is 10.0 Å². The van der Waals surface area contributed by atoms with Gasteiger partial charge in [0.1, 0.15) is 4.21 Å². The molecule has 0 atom stereocenters. The fourth-order valence-corrected chi connectivity index (χ4v) is 6.11. The Labute approximate surface area is 135 Å². The second-order valence-electron chi connectivity index (χ2n) is 4.12. The van der Waals surface area contributed by atoms with E-state index in [9.17, 15) is 8.42 Å². The lowest BCUT2D eigenvalue weighted by Crippen LogP contribution is -2.48. The molecule has 0 spiro atoms. The lowest BCUT2D eigenvalue weighted by Gasteiger charge is -2.33. The van der Waals surface area contributed by atoms with Crippen LogP contribution in [0.25, 0.3) is 0 Å². The van der Waals surface area contributed by atoms with Crippen molar-refractivity contribution in [2.45, 2.75) is 4.21 Å². The average molecular weight is 408 g/mol. The van der Waals surface area contributed by atoms with Gasteiger partial charge in [-0.05, 0) is 22.0 Å². The van der Waals surface area contributed by atoms with Gasteiger partial charge in [-0.25, -0.2) is 8.42 Å². The number of thiophene rings is 1. The van der Waals surface area contributed by atoms with Gasteiger partial charge in [0.05, 0.1) is 8.81 Å². The maximum absolute atomic E-state index is 12.4. The highest BCUT2D eigenvalue weighted by atomic mass is 79.9. The summed E-state index contributed by atoms with van der Waals surface area (Å²) in [5.74, 6) is 0.570. The number of nitrogens with zero attached hydrogens (tertiary/aromatic N) is 2. The fraction of sp³-hybridized carbons (Fsp3) is 0.600. The molecule has 19 heavy (non-hydrogen) atoms. The highest BCUT2D eigenvalue weighted by Gasteiger charge is 2.30. The highest BCUT2D eigenvalue weighted by Crippen LogP contribution is 2.36. The van der Waals surface area contributed by atoms with E-state index in [1.165, 1.54) is 10.4 Å². The van der Waals surface area contributed by atoms with Crippen molar-refractivity contribution in [3.05, 3.63) is 14.9 Å². The minimum absolute atomic E-state index is 0.287. The normalized spacial score (nSPS) is 18.9. The first-order valence-corrected chi connectivity index (χ1v) is 9.64. The molecule has 1 aromatic heterocycles. The Hall–Kier alpha value is 0.630. The minimum Gasteiger partial charge on any atom is -0.300 e. The van der Waals surface area contributed by atoms with Gasteiger partial charge in [0, 0.05) is 38.6 Å². The van der Waals surface area contributed by atoms with E-state index in [-0.39, 0.29) is 4.21 Å². The first kappa shape index (κ1) is 16.0. The van der Waals surface area contributed by atoms with Crippen LogP contribution in [0.2, 0.25) is 5.02 Å². The topological polar surface area (TPSA) is 40.6 Å². The quantitative estimate of drug-likeness (QED) is 0.720. The van der Waals surface area contributed by atoms with Crippen LogP contribution < -0.4 is 0 Å². The van der Waals surface area contributed by atoms with Gasteiger partial charge in [-0.1, -0.05) is 11.6 Å². The summed E-state index contributed by atoms with van der Waals surface area (Å²) in [7, 11) is -3.42. The van der Waals surface area contributed by atoms with Crippen molar-refractivity contribution in [1.82, 2.24) is 9.21 Å². The van der Waals surface area contributed by atoms with Gasteiger partial charge >= 0.3 is 0 Å². The van der Waals surface area contributed by atoms with Crippen molar-refractivity contribution >= 4 is 60.5 Å². The molecule has 9 heteroatoms. The first-order chi connectivity index (χ1) is 8.95. The Balaban J connectivity index is 2.09. The maximum atomic E-state index is 12.4. The summed E-state index contributed by atoms with van der Waals surface area (Å²) in [4.78, 5) is 2.16. The first-order valence-electron chi connectivity index (χ1n) is 5.68. The molecule has 1 aliphatic heterocycles. The Morgan fingerprint density at radius 3 is 2.42 bits per heavy atom. The van der Waals surface area contributed by atoms with E-state index in [1.807, 2.05) is 0 Å². The van der Waals surface area contributed by atoms with Gasteiger partial charge in [-0.15, -0.1) is 22.9 Å². The summed E-state index contributed by atoms with van der Waals surface area (Å²) in [5, 5.41) is 0.435. The summed E-state index contributed by atoms with van der Waals surface area (Å²) in [5.41, 5.74) is 0. The van der Waals surface area contributed by atoms with E-state index in [4.69, 9.17) is 23.2 Å². The minimum atomic E-state index is -3.42. The molecule has 0 aromatic carbocycles. The standard InChI is InChI=1S/C10H13BrCl2N2O2S2/c11-10-8(13)7-9(18-10)19(16,17)15-5-3-14(2-1-12)4-6-15/h7H,1-6H2. The van der Waals surface area contributed by atoms with Crippen LogP contribution in [0.5, 0.6) is 0 Å². The van der Waals surface area contributed by atoms with Crippen LogP contribution in [0.15, 0.2) is 14.1 Å². The monoisotopic (exact) mass is 406 g/mol. The molecule has 0 N–H and O–H groups in total. The van der Waals surface area contributed by atoms with Crippen molar-refractivity contribution in [1.29, 1.82) is 0 Å². The predicted octanol–water partition coefficient (Wildman–Crippen LogP) is 2.71. The van der Waals surface area contributed by atoms with Crippen LogP contribution in [-0.4, -0.2) is 56.2 Å². The van der Waals surface area contributed by atoms with E-state index in [2.05, 4.69) is 20.8 Å². The zero-order valence-corrected chi connectivity index (χ0v) is 14.7. The number of alkyl halides is 1. The van der Waals surface area contributed by atoms with E-state index in [0.29, 0.717) is 40.9 Å². The smallest absolute Gasteiger partial charge is 0.252 e. The van der Waals surface area contributed by atoms with Gasteiger partial charge in [0.2, 0.25) is 0 Å². The molecule has 2 heterocycles. The summed E-state index contributed by atoms with van der Waals surface area (Å²) >= 11 is 16.0. The fourth-order valence-electron chi connectivity index (χ4n) is 1.89. The van der Waals surface area contributed by atoms with Crippen molar-refractivity contribution in [2.24, 2.45) is 0 Å². The molecule has 0 bridgehead atoms. The molecule has 0 aliphatic carbocycles. The molecule has 4 nitrogen and oxygen atoms in total. The Morgan fingerprint density at radius 1 is 1.32 bits per heavy atom. The Kier molecular flexibility index (Phi) is 5.56. The third-order valence-electron chi connectivity index (χ3n) is 2.95. The third-order valence-corrected chi connectivity index (χ3v) is 7.94. The van der Waals surface area contributed by atoms with Crippen LogP contribution in [0.1, 0.15) is 0 Å². The lowest BCUT2D eigenvalue weighted by atomic mass is 10.4. The molecule has 0 saturated carbocycles. The molecule has 0 amide bonds. The van der Waals surface area contributed by atoms with Crippen LogP contribution in [0.3, 0.4) is 0 Å². The number of hydrogen-bond acceptors (Lipinski definition) is 4. The molecule has 0 radical (unpaired) electrons. The van der Waals surface area contributed by atoms with Gasteiger partial charge < -0.3 is 0 Å². The zero-order chi connectivity index (χ0) is 14.0. The lowest BCUT2D eigenvalue weighted by molar-refractivity contribution is 0.197. The van der Waals surface area contributed by atoms with E-state index >= 15 is 0 Å². The molecular formula is C10H13BrCl2N2O2S2. The van der Waals surface area contributed by atoms with Crippen LogP contribution in [0, 0.1) is 0 Å². The summed E-state index contributed by atoms with van der Waals surface area (Å²) in [6, 6.07) is 1.50. The largest absolute Gasteiger partial charge is 0.300 e. The molecule has 1 aliphatic rings. The summed E-state index contributed by atoms with van der Waals surface area (Å²) < 4.78 is 27.3. The van der Waals surface area contributed by atoms with Crippen LogP contribution in [-0.2, 0) is 10.0 Å². The number of piperazine rings is 1. The summed E-state index contributed by atoms with van der Waals surface area (Å²) in [6.07, 6.45) is 0. The maximum Gasteiger partial charge on any atom is 0.252 e. The molecule has 0 unspecified atom stereocenters. The SMILES string of the molecule is O=S(=O)(c1cc(Cl)c(Br)s1)N1CCN(CCCl)CC1. The average Bonchev–Trinajstić information content (AvgIpc) is 2.71. The van der Waals surface area contributed by atoms with Gasteiger partial charge in [-0.2, -0.15) is 4.31 Å². The number of rotatable bonds is 4. The van der Waals surface area contributed by atoms with Gasteiger partial charge in [0.25, 0.3) is 10.0 Å². The van der Waals surface area contributed by atoms with Crippen molar-refractivity contribution < 1.29 is 8.42 Å². The van der Waals surface area contributed by atoms with Crippen LogP contribution >= 0.6 is 50.5 Å². The predicted molar refractivity (Wildman–Crippen MR) is 82.9 cm³/mol.